The highest BCUT2D eigenvalue weighted by molar-refractivity contribution is 6.29. The Bertz CT molecular complexity index is 269. The number of carbonyl (C=O) groups is 2. The predicted octanol–water partition coefficient (Wildman–Crippen LogP) is 1.68. The molecule has 0 aliphatic carbocycles. The van der Waals surface area contributed by atoms with E-state index in [1.54, 1.807) is 0 Å². The molecule has 0 aliphatic heterocycles. The molecule has 16 heavy (non-hydrogen) atoms. The molecule has 0 radical (unpaired) electrons. The van der Waals surface area contributed by atoms with Gasteiger partial charge < -0.3 is 15.7 Å². The van der Waals surface area contributed by atoms with Crippen molar-refractivity contribution in [2.45, 2.75) is 32.2 Å². The van der Waals surface area contributed by atoms with Gasteiger partial charge in [-0.1, -0.05) is 18.2 Å². The van der Waals surface area contributed by atoms with Crippen molar-refractivity contribution in [2.24, 2.45) is 0 Å². The maximum absolute atomic E-state index is 11.2. The van der Waals surface area contributed by atoms with Gasteiger partial charge >= 0.3 is 12.0 Å². The SMILES string of the molecule is C=C(Cl)CNC(=O)NC(C)CCCC(=O)O. The molecule has 1 unspecified atom stereocenters. The van der Waals surface area contributed by atoms with Crippen LogP contribution in [0.15, 0.2) is 11.6 Å². The molecule has 0 aliphatic rings. The largest absolute Gasteiger partial charge is 0.481 e. The summed E-state index contributed by atoms with van der Waals surface area (Å²) in [6.45, 7) is 5.47. The Kier molecular flexibility index (Phi) is 7.37. The van der Waals surface area contributed by atoms with E-state index in [2.05, 4.69) is 17.2 Å². The Labute approximate surface area is 99.9 Å². The molecule has 0 saturated carbocycles. The first-order valence-corrected chi connectivity index (χ1v) is 5.39. The zero-order valence-corrected chi connectivity index (χ0v) is 10.0. The van der Waals surface area contributed by atoms with E-state index in [0.717, 1.165) is 0 Å². The van der Waals surface area contributed by atoms with Crippen LogP contribution in [0.3, 0.4) is 0 Å². The van der Waals surface area contributed by atoms with Gasteiger partial charge in [0.1, 0.15) is 0 Å². The summed E-state index contributed by atoms with van der Waals surface area (Å²) in [6.07, 6.45) is 1.28. The van der Waals surface area contributed by atoms with Gasteiger partial charge in [-0.15, -0.1) is 0 Å². The van der Waals surface area contributed by atoms with Gasteiger partial charge in [-0.3, -0.25) is 4.79 Å². The van der Waals surface area contributed by atoms with Crippen LogP contribution in [-0.4, -0.2) is 29.7 Å². The molecule has 0 aromatic rings. The minimum absolute atomic E-state index is 0.0667. The summed E-state index contributed by atoms with van der Waals surface area (Å²) in [6, 6.07) is -0.396. The van der Waals surface area contributed by atoms with Gasteiger partial charge in [0.25, 0.3) is 0 Å². The third-order valence-corrected chi connectivity index (χ3v) is 1.98. The topological polar surface area (TPSA) is 78.4 Å². The first kappa shape index (κ1) is 14.8. The lowest BCUT2D eigenvalue weighted by molar-refractivity contribution is -0.137. The van der Waals surface area contributed by atoms with Crippen molar-refractivity contribution in [2.75, 3.05) is 6.54 Å². The Morgan fingerprint density at radius 1 is 1.50 bits per heavy atom. The molecule has 0 bridgehead atoms. The minimum atomic E-state index is -0.824. The van der Waals surface area contributed by atoms with Crippen molar-refractivity contribution in [3.63, 3.8) is 0 Å². The van der Waals surface area contributed by atoms with E-state index in [1.165, 1.54) is 0 Å². The Morgan fingerprint density at radius 3 is 2.62 bits per heavy atom. The zero-order chi connectivity index (χ0) is 12.6. The highest BCUT2D eigenvalue weighted by Gasteiger charge is 2.07. The van der Waals surface area contributed by atoms with Gasteiger partial charge in [0, 0.05) is 17.5 Å². The number of halogens is 1. The summed E-state index contributed by atoms with van der Waals surface area (Å²) in [4.78, 5) is 21.5. The number of carboxylic acids is 1. The van der Waals surface area contributed by atoms with Crippen LogP contribution < -0.4 is 10.6 Å². The van der Waals surface area contributed by atoms with Gasteiger partial charge in [0.05, 0.1) is 6.54 Å². The lowest BCUT2D eigenvalue weighted by Crippen LogP contribution is -2.41. The van der Waals surface area contributed by atoms with E-state index in [0.29, 0.717) is 17.9 Å². The molecule has 3 N–H and O–H groups in total. The Balaban J connectivity index is 3.61. The molecule has 0 rings (SSSR count). The van der Waals surface area contributed by atoms with Crippen molar-refractivity contribution in [1.29, 1.82) is 0 Å². The third kappa shape index (κ3) is 9.33. The first-order valence-electron chi connectivity index (χ1n) is 5.01. The van der Waals surface area contributed by atoms with E-state index >= 15 is 0 Å². The van der Waals surface area contributed by atoms with E-state index in [-0.39, 0.29) is 25.0 Å². The van der Waals surface area contributed by atoms with E-state index in [4.69, 9.17) is 16.7 Å². The molecule has 0 saturated heterocycles. The normalized spacial score (nSPS) is 11.6. The van der Waals surface area contributed by atoms with Crippen LogP contribution in [0.4, 0.5) is 4.79 Å². The molecule has 5 nitrogen and oxygen atoms in total. The Morgan fingerprint density at radius 2 is 2.12 bits per heavy atom. The number of hydrogen-bond acceptors (Lipinski definition) is 2. The third-order valence-electron chi connectivity index (χ3n) is 1.85. The molecule has 0 fully saturated rings. The zero-order valence-electron chi connectivity index (χ0n) is 9.25. The van der Waals surface area contributed by atoms with Crippen molar-refractivity contribution < 1.29 is 14.7 Å². The van der Waals surface area contributed by atoms with E-state index in [9.17, 15) is 9.59 Å². The van der Waals surface area contributed by atoms with Crippen LogP contribution in [0.5, 0.6) is 0 Å². The molecule has 1 atom stereocenters. The van der Waals surface area contributed by atoms with Crippen LogP contribution in [-0.2, 0) is 4.79 Å². The number of hydrogen-bond donors (Lipinski definition) is 3. The maximum atomic E-state index is 11.2. The molecule has 2 amide bonds. The summed E-state index contributed by atoms with van der Waals surface area (Å²) in [5.41, 5.74) is 0. The van der Waals surface area contributed by atoms with Gasteiger partial charge in [-0.2, -0.15) is 0 Å². The smallest absolute Gasteiger partial charge is 0.315 e. The minimum Gasteiger partial charge on any atom is -0.481 e. The van der Waals surface area contributed by atoms with E-state index in [1.807, 2.05) is 6.92 Å². The van der Waals surface area contributed by atoms with Crippen LogP contribution >= 0.6 is 11.6 Å². The number of rotatable bonds is 7. The highest BCUT2D eigenvalue weighted by Crippen LogP contribution is 2.00. The molecule has 0 aromatic carbocycles. The molecule has 6 heteroatoms. The van der Waals surface area contributed by atoms with Crippen molar-refractivity contribution in [3.05, 3.63) is 11.6 Å². The fourth-order valence-corrected chi connectivity index (χ4v) is 1.15. The summed E-state index contributed by atoms with van der Waals surface area (Å²) >= 11 is 5.47. The predicted molar refractivity (Wildman–Crippen MR) is 62.5 cm³/mol. The van der Waals surface area contributed by atoms with Gasteiger partial charge in [-0.05, 0) is 19.8 Å². The van der Waals surface area contributed by atoms with E-state index < -0.39 is 5.97 Å². The molecule has 0 aromatic heterocycles. The lowest BCUT2D eigenvalue weighted by Gasteiger charge is -2.13. The van der Waals surface area contributed by atoms with Gasteiger partial charge in [0.2, 0.25) is 0 Å². The van der Waals surface area contributed by atoms with Crippen LogP contribution in [0, 0.1) is 0 Å². The van der Waals surface area contributed by atoms with Crippen LogP contribution in [0.25, 0.3) is 0 Å². The lowest BCUT2D eigenvalue weighted by atomic mass is 10.1. The first-order chi connectivity index (χ1) is 7.41. The van der Waals surface area contributed by atoms with Crippen LogP contribution in [0.1, 0.15) is 26.2 Å². The summed E-state index contributed by atoms with van der Waals surface area (Å²) in [5, 5.41) is 14.0. The second kappa shape index (κ2) is 7.98. The average Bonchev–Trinajstić information content (AvgIpc) is 2.14. The Hall–Kier alpha value is -1.23. The number of aliphatic carboxylic acids is 1. The molecule has 92 valence electrons. The van der Waals surface area contributed by atoms with Crippen molar-refractivity contribution in [1.82, 2.24) is 10.6 Å². The fraction of sp³-hybridized carbons (Fsp3) is 0.600. The second-order valence-electron chi connectivity index (χ2n) is 3.53. The number of urea groups is 1. The maximum Gasteiger partial charge on any atom is 0.315 e. The summed E-state index contributed by atoms with van der Waals surface area (Å²) < 4.78 is 0. The second-order valence-corrected chi connectivity index (χ2v) is 4.07. The van der Waals surface area contributed by atoms with Crippen LogP contribution in [0.2, 0.25) is 0 Å². The number of carbonyl (C=O) groups excluding carboxylic acids is 1. The summed E-state index contributed by atoms with van der Waals surface area (Å²) in [5.74, 6) is -0.824. The average molecular weight is 249 g/mol. The monoisotopic (exact) mass is 248 g/mol. The standard InChI is InChI=1S/C10H17ClN2O3/c1-7(11)6-12-10(16)13-8(2)4-3-5-9(14)15/h8H,1,3-6H2,2H3,(H,14,15)(H2,12,13,16). The van der Waals surface area contributed by atoms with Gasteiger partial charge in [-0.25, -0.2) is 4.79 Å². The van der Waals surface area contributed by atoms with Gasteiger partial charge in [0.15, 0.2) is 0 Å². The summed E-state index contributed by atoms with van der Waals surface area (Å²) in [7, 11) is 0. The molecule has 0 spiro atoms. The van der Waals surface area contributed by atoms with Crippen molar-refractivity contribution >= 4 is 23.6 Å². The number of nitrogens with one attached hydrogen (secondary N) is 2. The van der Waals surface area contributed by atoms with Crippen molar-refractivity contribution in [3.8, 4) is 0 Å². The number of carboxylic acid groups (broad SMARTS) is 1. The quantitative estimate of drug-likeness (QED) is 0.641. The fourth-order valence-electron chi connectivity index (χ4n) is 1.08. The highest BCUT2D eigenvalue weighted by atomic mass is 35.5. The molecular weight excluding hydrogens is 232 g/mol. The molecular formula is C10H17ClN2O3. The molecule has 0 heterocycles. The number of amides is 2.